The molecule has 0 aliphatic carbocycles. The third kappa shape index (κ3) is 3.49. The van der Waals surface area contributed by atoms with Crippen molar-refractivity contribution in [2.45, 2.75) is 16.6 Å². The molecule has 0 bridgehead atoms. The molecule has 2 aromatic carbocycles. The van der Waals surface area contributed by atoms with Gasteiger partial charge in [-0.3, -0.25) is 18.9 Å². The van der Waals surface area contributed by atoms with Gasteiger partial charge in [-0.05, 0) is 42.0 Å². The first kappa shape index (κ1) is 19.5. The van der Waals surface area contributed by atoms with E-state index in [1.165, 1.54) is 9.13 Å². The number of thioether (sulfide) groups is 1. The Hall–Kier alpha value is -2.84. The predicted molar refractivity (Wildman–Crippen MR) is 117 cm³/mol. The van der Waals surface area contributed by atoms with Crippen LogP contribution in [0.1, 0.15) is 22.8 Å². The fourth-order valence-electron chi connectivity index (χ4n) is 3.37. The Morgan fingerprint density at radius 1 is 1.10 bits per heavy atom. The Bertz CT molecular complexity index is 1260. The lowest BCUT2D eigenvalue weighted by Crippen LogP contribution is -2.29. The summed E-state index contributed by atoms with van der Waals surface area (Å²) in [5.74, 6) is -0.0179. The summed E-state index contributed by atoms with van der Waals surface area (Å²) < 4.78 is 2.96. The fraction of sp³-hybridized carbons (Fsp3) is 0.190. The van der Waals surface area contributed by atoms with E-state index in [0.29, 0.717) is 12.1 Å². The molecule has 0 saturated carbocycles. The van der Waals surface area contributed by atoms with Crippen LogP contribution in [0, 0.1) is 4.77 Å². The first-order chi connectivity index (χ1) is 13.9. The van der Waals surface area contributed by atoms with Crippen molar-refractivity contribution in [2.24, 2.45) is 19.1 Å². The summed E-state index contributed by atoms with van der Waals surface area (Å²) in [6.45, 7) is 0. The minimum absolute atomic E-state index is 0.0953. The molecule has 2 N–H and O–H groups in total. The van der Waals surface area contributed by atoms with Gasteiger partial charge >= 0.3 is 0 Å². The van der Waals surface area contributed by atoms with Crippen molar-refractivity contribution in [2.75, 3.05) is 0 Å². The van der Waals surface area contributed by atoms with Crippen molar-refractivity contribution in [3.8, 4) is 11.6 Å². The first-order valence-electron chi connectivity index (χ1n) is 8.98. The van der Waals surface area contributed by atoms with Crippen molar-refractivity contribution in [1.82, 2.24) is 9.13 Å². The van der Waals surface area contributed by atoms with E-state index in [-0.39, 0.29) is 32.8 Å². The van der Waals surface area contributed by atoms with Crippen LogP contribution in [0.5, 0.6) is 11.6 Å². The van der Waals surface area contributed by atoms with Crippen LogP contribution in [0.15, 0.2) is 63.2 Å². The molecular formula is C21H19N3O3S2. The monoisotopic (exact) mass is 425 g/mol. The van der Waals surface area contributed by atoms with Crippen LogP contribution in [-0.2, 0) is 14.1 Å². The van der Waals surface area contributed by atoms with Crippen LogP contribution >= 0.6 is 24.0 Å². The van der Waals surface area contributed by atoms with E-state index in [4.69, 9.17) is 17.2 Å². The number of benzene rings is 2. The van der Waals surface area contributed by atoms with E-state index < -0.39 is 0 Å². The Labute approximate surface area is 176 Å². The number of hydrogen-bond acceptors (Lipinski definition) is 6. The number of aliphatic imine (C=N–C) groups is 1. The topological polar surface area (TPSA) is 79.8 Å². The number of para-hydroxylation sites is 1. The first-order valence-corrected chi connectivity index (χ1v) is 10.3. The normalized spacial score (nSPS) is 16.1. The molecule has 0 amide bonds. The van der Waals surface area contributed by atoms with Crippen LogP contribution < -0.4 is 5.56 Å². The van der Waals surface area contributed by atoms with Gasteiger partial charge in [0.2, 0.25) is 5.88 Å². The van der Waals surface area contributed by atoms with Crippen LogP contribution in [-0.4, -0.2) is 25.1 Å². The number of rotatable bonds is 2. The summed E-state index contributed by atoms with van der Waals surface area (Å²) in [4.78, 5) is 18.7. The summed E-state index contributed by atoms with van der Waals surface area (Å²) >= 11 is 6.85. The average molecular weight is 426 g/mol. The van der Waals surface area contributed by atoms with Gasteiger partial charge in [-0.1, -0.05) is 24.3 Å². The lowest BCUT2D eigenvalue weighted by molar-refractivity contribution is 0.414. The van der Waals surface area contributed by atoms with Gasteiger partial charge in [0.25, 0.3) is 5.56 Å². The van der Waals surface area contributed by atoms with Crippen LogP contribution in [0.25, 0.3) is 0 Å². The van der Waals surface area contributed by atoms with Crippen LogP contribution in [0.3, 0.4) is 0 Å². The highest BCUT2D eigenvalue weighted by Gasteiger charge is 2.27. The molecule has 6 nitrogen and oxygen atoms in total. The number of hydrogen-bond donors (Lipinski definition) is 2. The fourth-order valence-corrected chi connectivity index (χ4v) is 4.76. The van der Waals surface area contributed by atoms with Gasteiger partial charge in [0.15, 0.2) is 4.77 Å². The zero-order valence-corrected chi connectivity index (χ0v) is 17.5. The van der Waals surface area contributed by atoms with Gasteiger partial charge in [0.05, 0.1) is 11.4 Å². The molecule has 0 unspecified atom stereocenters. The molecule has 1 atom stereocenters. The maximum absolute atomic E-state index is 13.0. The molecule has 8 heteroatoms. The summed E-state index contributed by atoms with van der Waals surface area (Å²) in [5.41, 5.74) is 1.90. The second-order valence-electron chi connectivity index (χ2n) is 6.84. The smallest absolute Gasteiger partial charge is 0.267 e. The highest BCUT2D eigenvalue weighted by Crippen LogP contribution is 2.46. The second kappa shape index (κ2) is 7.53. The predicted octanol–water partition coefficient (Wildman–Crippen LogP) is 4.22. The van der Waals surface area contributed by atoms with Gasteiger partial charge in [-0.15, -0.1) is 11.8 Å². The Balaban J connectivity index is 1.95. The lowest BCUT2D eigenvalue weighted by Gasteiger charge is -2.17. The van der Waals surface area contributed by atoms with Gasteiger partial charge in [-0.2, -0.15) is 0 Å². The molecule has 1 aliphatic rings. The third-order valence-corrected chi connectivity index (χ3v) is 6.80. The molecule has 0 saturated heterocycles. The summed E-state index contributed by atoms with van der Waals surface area (Å²) in [6, 6.07) is 14.8. The van der Waals surface area contributed by atoms with Crippen molar-refractivity contribution < 1.29 is 10.2 Å². The molecular weight excluding hydrogens is 406 g/mol. The quantitative estimate of drug-likeness (QED) is 0.601. The molecule has 3 aromatic rings. The number of aromatic nitrogens is 2. The molecule has 4 rings (SSSR count). The SMILES string of the molecule is Cn1c(O)c(C2=Nc3ccccc3S[C@@H](c3cccc(O)c3)C2)c(=O)n(C)c1=S. The van der Waals surface area contributed by atoms with Crippen molar-refractivity contribution in [3.05, 3.63) is 74.8 Å². The minimum Gasteiger partial charge on any atom is -0.508 e. The molecule has 1 aliphatic heterocycles. The van der Waals surface area contributed by atoms with E-state index in [1.807, 2.05) is 30.3 Å². The van der Waals surface area contributed by atoms with Gasteiger partial charge in [0.1, 0.15) is 11.3 Å². The van der Waals surface area contributed by atoms with Crippen molar-refractivity contribution >= 4 is 35.4 Å². The number of aromatic hydroxyl groups is 2. The van der Waals surface area contributed by atoms with E-state index >= 15 is 0 Å². The Kier molecular flexibility index (Phi) is 5.06. The van der Waals surface area contributed by atoms with E-state index in [2.05, 4.69) is 0 Å². The van der Waals surface area contributed by atoms with Crippen molar-refractivity contribution in [1.29, 1.82) is 0 Å². The Morgan fingerprint density at radius 2 is 1.86 bits per heavy atom. The summed E-state index contributed by atoms with van der Waals surface area (Å²) in [6.07, 6.45) is 0.405. The number of phenolic OH excluding ortho intramolecular Hbond substituents is 1. The second-order valence-corrected chi connectivity index (χ2v) is 8.45. The zero-order valence-electron chi connectivity index (χ0n) is 15.9. The highest BCUT2D eigenvalue weighted by atomic mass is 32.2. The molecule has 0 spiro atoms. The van der Waals surface area contributed by atoms with E-state index in [9.17, 15) is 15.0 Å². The zero-order chi connectivity index (χ0) is 20.7. The third-order valence-electron chi connectivity index (χ3n) is 4.93. The van der Waals surface area contributed by atoms with Crippen LogP contribution in [0.4, 0.5) is 5.69 Å². The maximum Gasteiger partial charge on any atom is 0.267 e. The molecule has 1 aromatic heterocycles. The Morgan fingerprint density at radius 3 is 2.62 bits per heavy atom. The van der Waals surface area contributed by atoms with E-state index in [1.54, 1.807) is 44.1 Å². The largest absolute Gasteiger partial charge is 0.508 e. The van der Waals surface area contributed by atoms with Crippen LogP contribution in [0.2, 0.25) is 0 Å². The van der Waals surface area contributed by atoms with Gasteiger partial charge in [0, 0.05) is 30.7 Å². The van der Waals surface area contributed by atoms with Gasteiger partial charge in [-0.25, -0.2) is 0 Å². The standard InChI is InChI=1S/C21H19N3O3S2/c1-23-19(26)18(20(27)24(2)21(23)28)15-11-17(12-6-5-7-13(25)10-12)29-16-9-4-3-8-14(16)22-15/h3-10,17,25-26H,11H2,1-2H3/t17-/m1/s1. The molecule has 148 valence electrons. The number of nitrogens with zero attached hydrogens (tertiary/aromatic N) is 3. The summed E-state index contributed by atoms with van der Waals surface area (Å²) in [5, 5.41) is 20.6. The number of phenols is 1. The molecule has 2 heterocycles. The van der Waals surface area contributed by atoms with Crippen molar-refractivity contribution in [3.63, 3.8) is 0 Å². The maximum atomic E-state index is 13.0. The lowest BCUT2D eigenvalue weighted by atomic mass is 10.0. The van der Waals surface area contributed by atoms with Gasteiger partial charge < -0.3 is 10.2 Å². The number of fused-ring (bicyclic) bond motifs is 1. The average Bonchev–Trinajstić information content (AvgIpc) is 2.90. The summed E-state index contributed by atoms with van der Waals surface area (Å²) in [7, 11) is 3.20. The minimum atomic E-state index is -0.386. The molecule has 0 radical (unpaired) electrons. The van der Waals surface area contributed by atoms with E-state index in [0.717, 1.165) is 16.1 Å². The molecule has 0 fully saturated rings. The molecule has 29 heavy (non-hydrogen) atoms. The highest BCUT2D eigenvalue weighted by molar-refractivity contribution is 7.99.